The molecule has 1 aromatic carbocycles. The Morgan fingerprint density at radius 1 is 1.04 bits per heavy atom. The Morgan fingerprint density at radius 3 is 2.64 bits per heavy atom. The summed E-state index contributed by atoms with van der Waals surface area (Å²) in [5.74, 6) is -0.407. The fourth-order valence-corrected chi connectivity index (χ4v) is 8.67. The number of carbonyl (C=O) groups is 3. The van der Waals surface area contributed by atoms with Crippen LogP contribution in [0.4, 0.5) is 0 Å². The smallest absolute Gasteiger partial charge is 0.228 e. The van der Waals surface area contributed by atoms with E-state index in [1.807, 2.05) is 34.1 Å². The third-order valence-electron chi connectivity index (χ3n) is 10.9. The number of carbonyl (C=O) groups excluding carboxylic acids is 3. The molecule has 0 bridgehead atoms. The average Bonchev–Trinajstić information content (AvgIpc) is 3.74. The molecule has 0 radical (unpaired) electrons. The standard InChI is InChI=1S/C36H45N5O4/c42-32(38-17-13-27-9-5-6-16-37-27)24-26-23-30(35(44)40-19-21-45-22-20-40)36(15-12-25-7-1-2-8-25)33-29(14-18-41(36)34(26)43)28-10-3-4-11-31(28)39-33/h3-6,9-11,16,25-26,30,39H,1-2,7-8,12-15,17-24H2,(H,38,42)/t26?,30-,36+/m1/s1. The van der Waals surface area contributed by atoms with E-state index in [-0.39, 0.29) is 24.1 Å². The van der Waals surface area contributed by atoms with Crippen LogP contribution in [-0.2, 0) is 37.5 Å². The molecule has 4 aliphatic rings. The maximum atomic E-state index is 14.7. The van der Waals surface area contributed by atoms with Gasteiger partial charge in [-0.1, -0.05) is 49.9 Å². The van der Waals surface area contributed by atoms with Crippen molar-refractivity contribution in [1.82, 2.24) is 25.1 Å². The number of hydrogen-bond donors (Lipinski definition) is 2. The van der Waals surface area contributed by atoms with Crippen LogP contribution in [0, 0.1) is 17.8 Å². The van der Waals surface area contributed by atoms with E-state index in [1.54, 1.807) is 6.20 Å². The first-order chi connectivity index (χ1) is 22.0. The van der Waals surface area contributed by atoms with E-state index in [2.05, 4.69) is 33.5 Å². The zero-order valence-corrected chi connectivity index (χ0v) is 26.1. The van der Waals surface area contributed by atoms with Gasteiger partial charge in [0.2, 0.25) is 17.7 Å². The number of nitrogens with one attached hydrogen (secondary N) is 2. The molecule has 2 saturated heterocycles. The number of para-hydroxylation sites is 1. The van der Waals surface area contributed by atoms with Crippen molar-refractivity contribution in [3.05, 3.63) is 65.6 Å². The van der Waals surface area contributed by atoms with E-state index in [1.165, 1.54) is 36.6 Å². The predicted molar refractivity (Wildman–Crippen MR) is 171 cm³/mol. The molecule has 3 fully saturated rings. The molecule has 1 unspecified atom stereocenters. The number of morpholine rings is 1. The molecular formula is C36H45N5O4. The second-order valence-corrected chi connectivity index (χ2v) is 13.4. The van der Waals surface area contributed by atoms with Crippen LogP contribution in [0.15, 0.2) is 48.7 Å². The molecule has 45 heavy (non-hydrogen) atoms. The van der Waals surface area contributed by atoms with Crippen LogP contribution >= 0.6 is 0 Å². The molecule has 9 nitrogen and oxygen atoms in total. The topological polar surface area (TPSA) is 108 Å². The van der Waals surface area contributed by atoms with Crippen LogP contribution in [0.25, 0.3) is 10.9 Å². The number of fused-ring (bicyclic) bond motifs is 5. The molecular weight excluding hydrogens is 566 g/mol. The number of ether oxygens (including phenoxy) is 1. The minimum Gasteiger partial charge on any atom is -0.378 e. The van der Waals surface area contributed by atoms with Crippen LogP contribution in [-0.4, -0.2) is 76.9 Å². The highest BCUT2D eigenvalue weighted by molar-refractivity contribution is 5.93. The lowest BCUT2D eigenvalue weighted by molar-refractivity contribution is -0.169. The summed E-state index contributed by atoms with van der Waals surface area (Å²) < 4.78 is 5.62. The summed E-state index contributed by atoms with van der Waals surface area (Å²) in [6.45, 7) is 3.18. The van der Waals surface area contributed by atoms with E-state index in [9.17, 15) is 14.4 Å². The first kappa shape index (κ1) is 30.0. The Morgan fingerprint density at radius 2 is 1.84 bits per heavy atom. The van der Waals surface area contributed by atoms with Crippen LogP contribution in [0.5, 0.6) is 0 Å². The van der Waals surface area contributed by atoms with Gasteiger partial charge in [0.1, 0.15) is 0 Å². The molecule has 3 aromatic rings. The average molecular weight is 612 g/mol. The number of aromatic amines is 1. The number of hydrogen-bond acceptors (Lipinski definition) is 5. The Bertz CT molecular complexity index is 1530. The number of rotatable bonds is 9. The third-order valence-corrected chi connectivity index (χ3v) is 10.9. The first-order valence-corrected chi connectivity index (χ1v) is 17.0. The zero-order valence-electron chi connectivity index (χ0n) is 26.1. The van der Waals surface area contributed by atoms with Crippen molar-refractivity contribution in [2.24, 2.45) is 17.8 Å². The van der Waals surface area contributed by atoms with Crippen LogP contribution in [0.1, 0.15) is 68.3 Å². The number of pyridine rings is 1. The summed E-state index contributed by atoms with van der Waals surface area (Å²) >= 11 is 0. The second-order valence-electron chi connectivity index (χ2n) is 13.4. The highest BCUT2D eigenvalue weighted by Gasteiger charge is 2.59. The van der Waals surface area contributed by atoms with Gasteiger partial charge in [-0.25, -0.2) is 0 Å². The molecule has 3 aliphatic heterocycles. The van der Waals surface area contributed by atoms with E-state index in [4.69, 9.17) is 4.74 Å². The molecule has 3 amide bonds. The van der Waals surface area contributed by atoms with Gasteiger partial charge in [0.05, 0.1) is 24.7 Å². The molecule has 1 saturated carbocycles. The largest absolute Gasteiger partial charge is 0.378 e. The maximum absolute atomic E-state index is 14.7. The van der Waals surface area contributed by atoms with Gasteiger partial charge in [-0.05, 0) is 55.4 Å². The normalized spacial score (nSPS) is 25.3. The summed E-state index contributed by atoms with van der Waals surface area (Å²) in [7, 11) is 0. The Kier molecular flexibility index (Phi) is 8.62. The Hall–Kier alpha value is -3.72. The lowest BCUT2D eigenvalue weighted by Crippen LogP contribution is -2.66. The summed E-state index contributed by atoms with van der Waals surface area (Å²) in [4.78, 5) is 54.6. The molecule has 3 atom stereocenters. The number of nitrogens with zero attached hydrogens (tertiary/aromatic N) is 3. The summed E-state index contributed by atoms with van der Waals surface area (Å²) in [6.07, 6.45) is 10.3. The van der Waals surface area contributed by atoms with Crippen molar-refractivity contribution in [1.29, 1.82) is 0 Å². The minimum atomic E-state index is -0.756. The molecule has 5 heterocycles. The van der Waals surface area contributed by atoms with Gasteiger partial charge in [0, 0.05) is 73.4 Å². The second kappa shape index (κ2) is 12.9. The predicted octanol–water partition coefficient (Wildman–Crippen LogP) is 4.36. The van der Waals surface area contributed by atoms with Gasteiger partial charge in [-0.15, -0.1) is 0 Å². The zero-order chi connectivity index (χ0) is 30.8. The Balaban J connectivity index is 1.22. The van der Waals surface area contributed by atoms with Crippen molar-refractivity contribution in [3.8, 4) is 0 Å². The van der Waals surface area contributed by atoms with E-state index >= 15 is 0 Å². The van der Waals surface area contributed by atoms with Gasteiger partial charge >= 0.3 is 0 Å². The quantitative estimate of drug-likeness (QED) is 0.374. The van der Waals surface area contributed by atoms with Crippen molar-refractivity contribution in [3.63, 3.8) is 0 Å². The van der Waals surface area contributed by atoms with E-state index in [0.29, 0.717) is 58.2 Å². The fourth-order valence-electron chi connectivity index (χ4n) is 8.67. The Labute approximate surface area is 265 Å². The van der Waals surface area contributed by atoms with Crippen molar-refractivity contribution >= 4 is 28.6 Å². The van der Waals surface area contributed by atoms with E-state index in [0.717, 1.165) is 36.2 Å². The fraction of sp³-hybridized carbons (Fsp3) is 0.556. The lowest BCUT2D eigenvalue weighted by atomic mass is 9.64. The summed E-state index contributed by atoms with van der Waals surface area (Å²) in [5, 5.41) is 4.20. The highest BCUT2D eigenvalue weighted by Crippen LogP contribution is 2.53. The molecule has 2 N–H and O–H groups in total. The SMILES string of the molecule is O=C(CC1C[C@H](C(=O)N2CCOCC2)[C@@]2(CCC3CCCC3)c3[nH]c4ccccc4c3CCN2C1=O)NCCc1ccccn1. The van der Waals surface area contributed by atoms with E-state index < -0.39 is 17.4 Å². The molecule has 0 spiro atoms. The monoisotopic (exact) mass is 611 g/mol. The van der Waals surface area contributed by atoms with Crippen molar-refractivity contribution in [2.75, 3.05) is 39.4 Å². The maximum Gasteiger partial charge on any atom is 0.228 e. The first-order valence-electron chi connectivity index (χ1n) is 17.0. The summed E-state index contributed by atoms with van der Waals surface area (Å²) in [6, 6.07) is 14.1. The van der Waals surface area contributed by atoms with Crippen LogP contribution in [0.2, 0.25) is 0 Å². The van der Waals surface area contributed by atoms with Crippen molar-refractivity contribution in [2.45, 2.75) is 69.7 Å². The molecule has 1 aliphatic carbocycles. The van der Waals surface area contributed by atoms with Crippen LogP contribution < -0.4 is 5.32 Å². The lowest BCUT2D eigenvalue weighted by Gasteiger charge is -2.56. The third kappa shape index (κ3) is 5.75. The van der Waals surface area contributed by atoms with Gasteiger partial charge in [-0.3, -0.25) is 19.4 Å². The van der Waals surface area contributed by atoms with Gasteiger partial charge in [-0.2, -0.15) is 0 Å². The molecule has 7 rings (SSSR count). The number of aromatic nitrogens is 2. The van der Waals surface area contributed by atoms with Crippen LogP contribution in [0.3, 0.4) is 0 Å². The van der Waals surface area contributed by atoms with Gasteiger partial charge < -0.3 is 24.8 Å². The minimum absolute atomic E-state index is 0.0108. The molecule has 2 aromatic heterocycles. The highest BCUT2D eigenvalue weighted by atomic mass is 16.5. The van der Waals surface area contributed by atoms with Crippen molar-refractivity contribution < 1.29 is 19.1 Å². The summed E-state index contributed by atoms with van der Waals surface area (Å²) in [5.41, 5.74) is 3.51. The number of benzene rings is 1. The number of amides is 3. The molecule has 9 heteroatoms. The molecule has 238 valence electrons. The van der Waals surface area contributed by atoms with Gasteiger partial charge in [0.25, 0.3) is 0 Å². The number of piperidine rings is 1. The van der Waals surface area contributed by atoms with Gasteiger partial charge in [0.15, 0.2) is 0 Å². The number of H-pyrrole nitrogens is 1.